The molecule has 10 heteroatoms. The van der Waals surface area contributed by atoms with Crippen LogP contribution in [0.5, 0.6) is 0 Å². The van der Waals surface area contributed by atoms with E-state index in [0.29, 0.717) is 11.7 Å². The molecule has 0 unspecified atom stereocenters. The van der Waals surface area contributed by atoms with Gasteiger partial charge in [0.15, 0.2) is 0 Å². The average molecular weight is 528 g/mol. The highest BCUT2D eigenvalue weighted by Crippen LogP contribution is 2.31. The number of piperidine rings is 1. The quantitative estimate of drug-likeness (QED) is 0.228. The van der Waals surface area contributed by atoms with Crippen LogP contribution in [-0.4, -0.2) is 66.5 Å². The molecule has 0 amide bonds. The van der Waals surface area contributed by atoms with Crippen LogP contribution in [0.15, 0.2) is 60.1 Å². The fraction of sp³-hybridized carbons (Fsp3) is 0.393. The molecule has 0 saturated carbocycles. The van der Waals surface area contributed by atoms with Crippen LogP contribution in [-0.2, 0) is 6.42 Å². The lowest BCUT2D eigenvalue weighted by Gasteiger charge is -2.43. The summed E-state index contributed by atoms with van der Waals surface area (Å²) in [6, 6.07) is 15.1. The number of anilines is 2. The summed E-state index contributed by atoms with van der Waals surface area (Å²) in [7, 11) is 2.15. The van der Waals surface area contributed by atoms with E-state index in [4.69, 9.17) is 15.1 Å². The summed E-state index contributed by atoms with van der Waals surface area (Å²) in [6.45, 7) is 6.20. The molecule has 0 bridgehead atoms. The second-order valence-electron chi connectivity index (χ2n) is 10.1. The fourth-order valence-corrected chi connectivity index (χ4v) is 6.14. The van der Waals surface area contributed by atoms with E-state index in [1.807, 2.05) is 17.6 Å². The Bertz CT molecular complexity index is 1530. The van der Waals surface area contributed by atoms with Crippen molar-refractivity contribution in [1.29, 1.82) is 0 Å². The maximum atomic E-state index is 4.88. The van der Waals surface area contributed by atoms with Crippen LogP contribution in [0.1, 0.15) is 31.0 Å². The molecule has 1 saturated heterocycles. The molecule has 0 spiro atoms. The molecular formula is C28H33N9S. The van der Waals surface area contributed by atoms with Gasteiger partial charge in [-0.05, 0) is 43.7 Å². The van der Waals surface area contributed by atoms with Crippen LogP contribution < -0.4 is 9.80 Å². The van der Waals surface area contributed by atoms with E-state index in [-0.39, 0.29) is 6.04 Å². The number of nitrogens with zero attached hydrogens (tertiary/aromatic N) is 8. The van der Waals surface area contributed by atoms with Crippen molar-refractivity contribution >= 4 is 40.2 Å². The molecule has 1 aliphatic rings. The van der Waals surface area contributed by atoms with E-state index in [0.717, 1.165) is 71.6 Å². The van der Waals surface area contributed by atoms with Crippen LogP contribution in [0.4, 0.5) is 11.6 Å². The molecule has 1 fully saturated rings. The molecule has 0 radical (unpaired) electrons. The van der Waals surface area contributed by atoms with Crippen molar-refractivity contribution in [2.24, 2.45) is 5.92 Å². The highest BCUT2D eigenvalue weighted by atomic mass is 32.2. The largest absolute Gasteiger partial charge is 0.354 e. The number of nitrogens with one attached hydrogen (secondary N) is 1. The number of rotatable bonds is 8. The van der Waals surface area contributed by atoms with Crippen molar-refractivity contribution in [2.45, 2.75) is 44.3 Å². The molecule has 6 rings (SSSR count). The Kier molecular flexibility index (Phi) is 6.88. The summed E-state index contributed by atoms with van der Waals surface area (Å²) in [5, 5.41) is 6.71. The van der Waals surface area contributed by atoms with Crippen molar-refractivity contribution in [2.75, 3.05) is 35.7 Å². The molecule has 9 nitrogen and oxygen atoms in total. The lowest BCUT2D eigenvalue weighted by molar-refractivity contribution is 0.365. The monoisotopic (exact) mass is 527 g/mol. The van der Waals surface area contributed by atoms with Gasteiger partial charge in [-0.25, -0.2) is 15.0 Å². The molecule has 2 atom stereocenters. The van der Waals surface area contributed by atoms with Gasteiger partial charge in [0.25, 0.3) is 5.78 Å². The predicted octanol–water partition coefficient (Wildman–Crippen LogP) is 4.78. The first-order valence-electron chi connectivity index (χ1n) is 13.2. The summed E-state index contributed by atoms with van der Waals surface area (Å²) >= 11 is 1.70. The zero-order valence-corrected chi connectivity index (χ0v) is 22.9. The molecular weight excluding hydrogens is 494 g/mol. The molecule has 4 aromatic heterocycles. The van der Waals surface area contributed by atoms with Crippen molar-refractivity contribution in [3.8, 4) is 0 Å². The Morgan fingerprint density at radius 3 is 2.87 bits per heavy atom. The lowest BCUT2D eigenvalue weighted by Crippen LogP contribution is -2.51. The lowest BCUT2D eigenvalue weighted by atomic mass is 9.92. The number of likely N-dealkylation sites (N-methyl/N-ethyl adjacent to an activating group) is 1. The SMILES string of the molecule is Cc1cc(N2CC[C@@H](C)[C@@H](N(C)c3ncnc4[nH]ccc34)C2)n2nc(SCCCc3ccccc3)nc2n1. The van der Waals surface area contributed by atoms with Crippen molar-refractivity contribution < 1.29 is 0 Å². The molecule has 196 valence electrons. The number of thioether (sulfide) groups is 1. The first-order valence-corrected chi connectivity index (χ1v) is 14.2. The predicted molar refractivity (Wildman–Crippen MR) is 153 cm³/mol. The summed E-state index contributed by atoms with van der Waals surface area (Å²) in [4.78, 5) is 26.4. The van der Waals surface area contributed by atoms with Crippen LogP contribution in [0.3, 0.4) is 0 Å². The Labute approximate surface area is 226 Å². The summed E-state index contributed by atoms with van der Waals surface area (Å²) < 4.78 is 1.93. The highest BCUT2D eigenvalue weighted by molar-refractivity contribution is 7.99. The van der Waals surface area contributed by atoms with Crippen molar-refractivity contribution in [1.82, 2.24) is 34.5 Å². The van der Waals surface area contributed by atoms with E-state index in [1.165, 1.54) is 5.56 Å². The minimum absolute atomic E-state index is 0.288. The summed E-state index contributed by atoms with van der Waals surface area (Å²) in [5.41, 5.74) is 3.19. The van der Waals surface area contributed by atoms with E-state index >= 15 is 0 Å². The third-order valence-corrected chi connectivity index (χ3v) is 8.42. The summed E-state index contributed by atoms with van der Waals surface area (Å²) in [5.74, 6) is 4.17. The molecule has 1 aromatic carbocycles. The first-order chi connectivity index (χ1) is 18.6. The first kappa shape index (κ1) is 24.7. The fourth-order valence-electron chi connectivity index (χ4n) is 5.38. The average Bonchev–Trinajstić information content (AvgIpc) is 3.58. The number of H-pyrrole nitrogens is 1. The zero-order valence-electron chi connectivity index (χ0n) is 22.1. The smallest absolute Gasteiger partial charge is 0.255 e. The van der Waals surface area contributed by atoms with Gasteiger partial charge in [-0.3, -0.25) is 0 Å². The Hall–Kier alpha value is -3.66. The Morgan fingerprint density at radius 1 is 1.13 bits per heavy atom. The van der Waals surface area contributed by atoms with Gasteiger partial charge in [-0.15, -0.1) is 5.10 Å². The van der Waals surface area contributed by atoms with Crippen LogP contribution in [0, 0.1) is 12.8 Å². The zero-order chi connectivity index (χ0) is 26.1. The van der Waals surface area contributed by atoms with Gasteiger partial charge in [-0.2, -0.15) is 9.50 Å². The molecule has 5 aromatic rings. The number of aromatic nitrogens is 7. The van der Waals surface area contributed by atoms with Gasteiger partial charge in [0.2, 0.25) is 5.16 Å². The van der Waals surface area contributed by atoms with Crippen LogP contribution in [0.2, 0.25) is 0 Å². The number of hydrogen-bond acceptors (Lipinski definition) is 8. The normalized spacial score (nSPS) is 17.9. The molecule has 1 N–H and O–H groups in total. The molecule has 38 heavy (non-hydrogen) atoms. The molecule has 5 heterocycles. The number of benzene rings is 1. The third-order valence-electron chi connectivity index (χ3n) is 7.49. The minimum Gasteiger partial charge on any atom is -0.354 e. The van der Waals surface area contributed by atoms with Gasteiger partial charge in [0.1, 0.15) is 23.6 Å². The molecule has 0 aliphatic carbocycles. The summed E-state index contributed by atoms with van der Waals surface area (Å²) in [6.07, 6.45) is 6.78. The maximum absolute atomic E-state index is 4.88. The van der Waals surface area contributed by atoms with E-state index < -0.39 is 0 Å². The van der Waals surface area contributed by atoms with Gasteiger partial charge in [0.05, 0.1) is 11.4 Å². The number of hydrogen-bond donors (Lipinski definition) is 1. The minimum atomic E-state index is 0.288. The van der Waals surface area contributed by atoms with E-state index in [1.54, 1.807) is 18.1 Å². The number of aromatic amines is 1. The van der Waals surface area contributed by atoms with Crippen molar-refractivity contribution in [3.05, 3.63) is 66.2 Å². The number of aryl methyl sites for hydroxylation is 2. The standard InChI is InChI=1S/C28H33N9S/c1-19-12-14-36(17-23(19)35(3)26-22-11-13-29-25(22)30-18-31-26)24-16-20(2)32-27-33-28(34-37(24)27)38-15-7-10-21-8-5-4-6-9-21/h4-6,8-9,11,13,16,18-19,23H,7,10,12,14-15,17H2,1-3H3,(H,29,30,31)/t19-,23+/m1/s1. The van der Waals surface area contributed by atoms with E-state index in [9.17, 15) is 0 Å². The second kappa shape index (κ2) is 10.6. The highest BCUT2D eigenvalue weighted by Gasteiger charge is 2.32. The molecule has 1 aliphatic heterocycles. The van der Waals surface area contributed by atoms with Gasteiger partial charge < -0.3 is 14.8 Å². The Morgan fingerprint density at radius 2 is 2.00 bits per heavy atom. The van der Waals surface area contributed by atoms with Crippen molar-refractivity contribution in [3.63, 3.8) is 0 Å². The maximum Gasteiger partial charge on any atom is 0.255 e. The Balaban J connectivity index is 1.20. The number of fused-ring (bicyclic) bond motifs is 2. The van der Waals surface area contributed by atoms with Gasteiger partial charge >= 0.3 is 0 Å². The topological polar surface area (TPSA) is 91.1 Å². The second-order valence-corrected chi connectivity index (χ2v) is 11.2. The van der Waals surface area contributed by atoms with Gasteiger partial charge in [-0.1, -0.05) is 49.0 Å². The van der Waals surface area contributed by atoms with Crippen LogP contribution in [0.25, 0.3) is 16.8 Å². The van der Waals surface area contributed by atoms with Gasteiger partial charge in [0, 0.05) is 43.8 Å². The van der Waals surface area contributed by atoms with Crippen LogP contribution >= 0.6 is 11.8 Å². The van der Waals surface area contributed by atoms with E-state index in [2.05, 4.69) is 81.2 Å². The third kappa shape index (κ3) is 4.92.